The average Bonchev–Trinajstić information content (AvgIpc) is 0. The molecule has 0 aliphatic rings. The topological polar surface area (TPSA) is 28.5 Å². The van der Waals surface area contributed by atoms with Crippen LogP contribution in [0.3, 0.4) is 0 Å². The van der Waals surface area contributed by atoms with Gasteiger partial charge in [-0.05, 0) is 0 Å². The molecule has 0 heterocycles. The fraction of sp³-hybridized carbons (Fsp3) is 0. The first kappa shape index (κ1) is 28.4. The Kier molecular flexibility index (Phi) is 119. The summed E-state index contributed by atoms with van der Waals surface area (Å²) in [5.41, 5.74) is 0. The normalized spacial score (nSPS) is 0. The van der Waals surface area contributed by atoms with E-state index in [0.717, 1.165) is 0 Å². The second-order valence-electron chi connectivity index (χ2n) is 0. The van der Waals surface area contributed by atoms with Crippen molar-refractivity contribution in [2.45, 2.75) is 0 Å². The van der Waals surface area contributed by atoms with Crippen molar-refractivity contribution in [3.8, 4) is 0 Å². The molecule has 0 saturated heterocycles. The zero-order valence-electron chi connectivity index (χ0n) is 1.92. The molecule has 0 aliphatic carbocycles. The van der Waals surface area contributed by atoms with Gasteiger partial charge < -0.3 is 5.48 Å². The van der Waals surface area contributed by atoms with Crippen LogP contribution in [0.25, 0.3) is 0 Å². The molecule has 0 bridgehead atoms. The fourth-order valence-corrected chi connectivity index (χ4v) is 0. The molecule has 4 heavy (non-hydrogen) atoms. The van der Waals surface area contributed by atoms with Crippen LogP contribution in [-0.2, 0) is 38.2 Å². The Morgan fingerprint density at radius 1 is 1.00 bits per heavy atom. The van der Waals surface area contributed by atoms with Gasteiger partial charge in [0.2, 0.25) is 0 Å². The zero-order chi connectivity index (χ0) is 0. The Balaban J connectivity index is 0. The van der Waals surface area contributed by atoms with Crippen molar-refractivity contribution in [3.63, 3.8) is 0 Å². The number of hydrogen-bond acceptors (Lipinski definition) is 0. The maximum atomic E-state index is 0. The summed E-state index contributed by atoms with van der Waals surface area (Å²) in [6, 6.07) is 0. The van der Waals surface area contributed by atoms with Gasteiger partial charge >= 0.3 is 90.0 Å². The summed E-state index contributed by atoms with van der Waals surface area (Å²) in [5, 5.41) is 0. The molecule has 0 saturated carbocycles. The second kappa shape index (κ2) is 16.8. The molecule has 0 aromatic rings. The maximum Gasteiger partial charge on any atom is 3.00 e. The predicted molar refractivity (Wildman–Crippen MR) is 6.44 cm³/mol. The van der Waals surface area contributed by atoms with Crippen molar-refractivity contribution in [2.75, 3.05) is 0 Å². The van der Waals surface area contributed by atoms with E-state index in [4.69, 9.17) is 0 Å². The van der Waals surface area contributed by atoms with Crippen LogP contribution in [0.2, 0.25) is 0 Å². The Morgan fingerprint density at radius 2 is 1.00 bits per heavy atom. The van der Waals surface area contributed by atoms with Crippen LogP contribution in [0.15, 0.2) is 0 Å². The first-order chi connectivity index (χ1) is 0. The van der Waals surface area contributed by atoms with Crippen molar-refractivity contribution in [1.29, 1.82) is 0 Å². The van der Waals surface area contributed by atoms with Crippen LogP contribution in [0.1, 0.15) is 0 Å². The number of hydrogen-bond donors (Lipinski definition) is 0. The minimum Gasteiger partial charge on any atom is -2.00 e. The van der Waals surface area contributed by atoms with E-state index in [2.05, 4.69) is 0 Å². The molecule has 1 radical (unpaired) electrons. The summed E-state index contributed by atoms with van der Waals surface area (Å²) in [6.45, 7) is 0. The van der Waals surface area contributed by atoms with E-state index in [1.165, 1.54) is 0 Å². The monoisotopic (exact) mass is 290 g/mol. The summed E-state index contributed by atoms with van der Waals surface area (Å²) in [6.07, 6.45) is 0. The molecule has 0 unspecified atom stereocenters. The van der Waals surface area contributed by atoms with Gasteiger partial charge in [0.15, 0.2) is 0 Å². The summed E-state index contributed by atoms with van der Waals surface area (Å²) < 4.78 is 0. The molecule has 0 fully saturated rings. The van der Waals surface area contributed by atoms with Crippen molar-refractivity contribution in [3.05, 3.63) is 0 Å². The van der Waals surface area contributed by atoms with Crippen LogP contribution in [-0.4, -0.2) is 17.4 Å². The van der Waals surface area contributed by atoms with Crippen LogP contribution in [0.5, 0.6) is 0 Å². The fourth-order valence-electron chi connectivity index (χ4n) is 0. The number of rotatable bonds is 0. The molecule has 0 amide bonds. The molecule has 4 heteroatoms. The SMILES string of the molecule is [Al+3].[Gd+3].[O-2].[Y+3]. The smallest absolute Gasteiger partial charge is 2.00 e. The molecule has 0 rings (SSSR count). The summed E-state index contributed by atoms with van der Waals surface area (Å²) in [5.74, 6) is 0. The standard InChI is InChI=1S/Al.Gd.O.Y/q2*+3;-2;+3. The Morgan fingerprint density at radius 3 is 1.00 bits per heavy atom. The third-order valence-electron chi connectivity index (χ3n) is 0. The summed E-state index contributed by atoms with van der Waals surface area (Å²) in [7, 11) is 0. The quantitative estimate of drug-likeness (QED) is 0.538. The minimum atomic E-state index is 0. The van der Waals surface area contributed by atoms with Gasteiger partial charge in [-0.3, -0.25) is 0 Å². The second-order valence-corrected chi connectivity index (χ2v) is 0. The molecule has 0 spiro atoms. The van der Waals surface area contributed by atoms with Crippen LogP contribution >= 0.6 is 0 Å². The van der Waals surface area contributed by atoms with Gasteiger partial charge in [-0.2, -0.15) is 0 Å². The molecular formula is AlGdOY+7. The van der Waals surface area contributed by atoms with Gasteiger partial charge in [0.1, 0.15) is 0 Å². The van der Waals surface area contributed by atoms with E-state index in [1.807, 2.05) is 0 Å². The Hall–Kier alpha value is 2.92. The van der Waals surface area contributed by atoms with Crippen molar-refractivity contribution in [2.24, 2.45) is 0 Å². The van der Waals surface area contributed by atoms with Crippen molar-refractivity contribution < 1.29 is 78.1 Å². The molecule has 0 aliphatic heterocycles. The summed E-state index contributed by atoms with van der Waals surface area (Å²) >= 11 is 0. The minimum absolute atomic E-state index is 0. The first-order valence-corrected chi connectivity index (χ1v) is 0. The van der Waals surface area contributed by atoms with E-state index < -0.39 is 0 Å². The van der Waals surface area contributed by atoms with E-state index in [1.54, 1.807) is 0 Å². The Labute approximate surface area is 93.3 Å². The molecule has 13 valence electrons. The average molecular weight is 289 g/mol. The van der Waals surface area contributed by atoms with Crippen LogP contribution in [0.4, 0.5) is 0 Å². The van der Waals surface area contributed by atoms with Gasteiger partial charge in [0.05, 0.1) is 0 Å². The van der Waals surface area contributed by atoms with Crippen LogP contribution < -0.4 is 0 Å². The van der Waals surface area contributed by atoms with E-state index in [-0.39, 0.29) is 95.5 Å². The van der Waals surface area contributed by atoms with Gasteiger partial charge in [0, 0.05) is 0 Å². The molecule has 0 aromatic carbocycles. The predicted octanol–water partition coefficient (Wildman–Crippen LogP) is -0.502. The molecule has 1 nitrogen and oxygen atoms in total. The van der Waals surface area contributed by atoms with Gasteiger partial charge in [-0.25, -0.2) is 0 Å². The van der Waals surface area contributed by atoms with E-state index >= 15 is 0 Å². The van der Waals surface area contributed by atoms with Gasteiger partial charge in [-0.1, -0.05) is 0 Å². The van der Waals surface area contributed by atoms with Crippen molar-refractivity contribution >= 4 is 17.4 Å². The molecule has 0 N–H and O–H groups in total. The van der Waals surface area contributed by atoms with Crippen LogP contribution in [0, 0.1) is 39.9 Å². The summed E-state index contributed by atoms with van der Waals surface area (Å²) in [4.78, 5) is 0. The molecule has 0 aromatic heterocycles. The zero-order valence-corrected chi connectivity index (χ0v) is 8.18. The largest absolute Gasteiger partial charge is 3.00 e. The first-order valence-electron chi connectivity index (χ1n) is 0. The molecular weight excluding hydrogens is 289 g/mol. The third-order valence-corrected chi connectivity index (χ3v) is 0. The van der Waals surface area contributed by atoms with E-state index in [0.29, 0.717) is 0 Å². The van der Waals surface area contributed by atoms with Gasteiger partial charge in [0.25, 0.3) is 0 Å². The van der Waals surface area contributed by atoms with E-state index in [9.17, 15) is 0 Å². The molecule has 0 atom stereocenters. The Bertz CT molecular complexity index is 8.00. The third kappa shape index (κ3) is 8.87. The van der Waals surface area contributed by atoms with Gasteiger partial charge in [-0.15, -0.1) is 0 Å². The van der Waals surface area contributed by atoms with Crippen molar-refractivity contribution in [1.82, 2.24) is 0 Å². The maximum absolute atomic E-state index is 0.